The zero-order valence-electron chi connectivity index (χ0n) is 32.2. The van der Waals surface area contributed by atoms with Crippen LogP contribution in [0, 0.1) is 0 Å². The molecule has 1 unspecified atom stereocenters. The van der Waals surface area contributed by atoms with Crippen LogP contribution in [-0.4, -0.2) is 82.0 Å². The SMILES string of the molecule is COc1ccc(C(OC[C@H]2S[C@@H](n3ccc(=O)[nH]c3=O)[C@H](O[Si](C)(C)C(C)(C)C)[C@@H]2OP(OC)N(C)C)(c2ccccc2)c2ccc(OC)cc2)cc1. The molecule has 1 N–H and O–H groups in total. The van der Waals surface area contributed by atoms with E-state index >= 15 is 0 Å². The molecular formula is C39H52N3O8PSSi. The summed E-state index contributed by atoms with van der Waals surface area (Å²) in [5.74, 6) is 1.45. The quantitative estimate of drug-likeness (QED) is 0.0745. The fourth-order valence-corrected chi connectivity index (χ4v) is 10.2. The first kappa shape index (κ1) is 40.9. The summed E-state index contributed by atoms with van der Waals surface area (Å²) < 4.78 is 41.9. The van der Waals surface area contributed by atoms with Crippen LogP contribution in [0.15, 0.2) is 101 Å². The molecule has 286 valence electrons. The Kier molecular flexibility index (Phi) is 13.2. The predicted octanol–water partition coefficient (Wildman–Crippen LogP) is 7.39. The maximum atomic E-state index is 13.4. The topological polar surface area (TPSA) is 113 Å². The molecule has 5 atom stereocenters. The summed E-state index contributed by atoms with van der Waals surface area (Å²) >= 11 is 1.54. The Morgan fingerprint density at radius 2 is 1.36 bits per heavy atom. The molecule has 1 aliphatic heterocycles. The third-order valence-corrected chi connectivity index (χ3v) is 17.4. The molecule has 0 radical (unpaired) electrons. The van der Waals surface area contributed by atoms with Crippen LogP contribution < -0.4 is 20.7 Å². The second-order valence-corrected chi connectivity index (χ2v) is 22.5. The van der Waals surface area contributed by atoms with E-state index in [4.69, 9.17) is 27.7 Å². The Bertz CT molecular complexity index is 1850. The van der Waals surface area contributed by atoms with E-state index in [-0.39, 0.29) is 16.9 Å². The zero-order valence-corrected chi connectivity index (χ0v) is 34.9. The first-order valence-electron chi connectivity index (χ1n) is 17.5. The number of rotatable bonds is 15. The summed E-state index contributed by atoms with van der Waals surface area (Å²) in [7, 11) is 4.76. The van der Waals surface area contributed by atoms with Crippen molar-refractivity contribution in [2.24, 2.45) is 0 Å². The highest BCUT2D eigenvalue weighted by atomic mass is 32.2. The van der Waals surface area contributed by atoms with Crippen molar-refractivity contribution in [3.05, 3.63) is 129 Å². The van der Waals surface area contributed by atoms with E-state index in [1.165, 1.54) is 24.0 Å². The molecule has 14 heteroatoms. The lowest BCUT2D eigenvalue weighted by atomic mass is 9.80. The largest absolute Gasteiger partial charge is 0.497 e. The Labute approximate surface area is 319 Å². The lowest BCUT2D eigenvalue weighted by Gasteiger charge is -2.42. The molecule has 11 nitrogen and oxygen atoms in total. The summed E-state index contributed by atoms with van der Waals surface area (Å²) in [6.45, 7) is 11.1. The lowest BCUT2D eigenvalue weighted by molar-refractivity contribution is -0.0183. The lowest BCUT2D eigenvalue weighted by Crippen LogP contribution is -2.50. The summed E-state index contributed by atoms with van der Waals surface area (Å²) in [6.07, 6.45) is 0.368. The van der Waals surface area contributed by atoms with Crippen LogP contribution in [0.5, 0.6) is 11.5 Å². The van der Waals surface area contributed by atoms with Gasteiger partial charge in [0.05, 0.1) is 26.1 Å². The van der Waals surface area contributed by atoms with E-state index in [1.54, 1.807) is 25.9 Å². The number of H-pyrrole nitrogens is 1. The van der Waals surface area contributed by atoms with E-state index in [1.807, 2.05) is 85.5 Å². The van der Waals surface area contributed by atoms with Crippen LogP contribution >= 0.6 is 20.3 Å². The Morgan fingerprint density at radius 1 is 0.811 bits per heavy atom. The molecule has 0 aliphatic carbocycles. The van der Waals surface area contributed by atoms with Crippen molar-refractivity contribution in [2.75, 3.05) is 42.0 Å². The van der Waals surface area contributed by atoms with E-state index in [0.717, 1.165) is 28.2 Å². The number of nitrogens with one attached hydrogen (secondary N) is 1. The Hall–Kier alpha value is -3.26. The number of aromatic nitrogens is 2. The molecule has 0 bridgehead atoms. The van der Waals surface area contributed by atoms with E-state index < -0.39 is 51.3 Å². The number of hydrogen-bond donors (Lipinski definition) is 1. The van der Waals surface area contributed by atoms with Gasteiger partial charge in [-0.25, -0.2) is 9.46 Å². The van der Waals surface area contributed by atoms with Crippen molar-refractivity contribution in [1.82, 2.24) is 14.2 Å². The van der Waals surface area contributed by atoms with Gasteiger partial charge in [-0.05, 0) is 73.2 Å². The normalized spacial score (nSPS) is 20.1. The average molecular weight is 782 g/mol. The zero-order chi connectivity index (χ0) is 38.6. The van der Waals surface area contributed by atoms with Crippen molar-refractivity contribution < 1.29 is 27.7 Å². The third-order valence-electron chi connectivity index (χ3n) is 9.98. The molecule has 4 aromatic rings. The van der Waals surface area contributed by atoms with Crippen LogP contribution in [0.25, 0.3) is 0 Å². The predicted molar refractivity (Wildman–Crippen MR) is 215 cm³/mol. The van der Waals surface area contributed by atoms with Crippen LogP contribution in [0.1, 0.15) is 42.8 Å². The highest BCUT2D eigenvalue weighted by Crippen LogP contribution is 2.54. The molecule has 0 amide bonds. The van der Waals surface area contributed by atoms with Gasteiger partial charge in [0.1, 0.15) is 34.7 Å². The minimum Gasteiger partial charge on any atom is -0.497 e. The maximum Gasteiger partial charge on any atom is 0.329 e. The van der Waals surface area contributed by atoms with Crippen LogP contribution in [0.3, 0.4) is 0 Å². The molecule has 53 heavy (non-hydrogen) atoms. The van der Waals surface area contributed by atoms with Gasteiger partial charge in [-0.3, -0.25) is 14.3 Å². The summed E-state index contributed by atoms with van der Waals surface area (Å²) in [5, 5.41) is -1.04. The first-order valence-corrected chi connectivity index (χ1v) is 22.4. The average Bonchev–Trinajstić information content (AvgIpc) is 3.46. The molecule has 2 heterocycles. The van der Waals surface area contributed by atoms with E-state index in [0.29, 0.717) is 0 Å². The van der Waals surface area contributed by atoms with Crippen LogP contribution in [0.4, 0.5) is 0 Å². The molecule has 1 fully saturated rings. The number of thioether (sulfide) groups is 1. The Morgan fingerprint density at radius 3 is 1.83 bits per heavy atom. The summed E-state index contributed by atoms with van der Waals surface area (Å²) in [6, 6.07) is 27.3. The molecule has 0 spiro atoms. The highest BCUT2D eigenvalue weighted by molar-refractivity contribution is 8.00. The molecule has 3 aromatic carbocycles. The fraction of sp³-hybridized carbons (Fsp3) is 0.436. The fourth-order valence-electron chi connectivity index (χ4n) is 6.15. The van der Waals surface area contributed by atoms with E-state index in [9.17, 15) is 9.59 Å². The number of hydrogen-bond acceptors (Lipinski definition) is 10. The van der Waals surface area contributed by atoms with Crippen LogP contribution in [0.2, 0.25) is 18.1 Å². The van der Waals surface area contributed by atoms with Gasteiger partial charge in [-0.1, -0.05) is 75.4 Å². The minimum absolute atomic E-state index is 0.143. The maximum absolute atomic E-state index is 13.4. The molecule has 5 rings (SSSR count). The minimum atomic E-state index is -2.46. The van der Waals surface area contributed by atoms with Gasteiger partial charge in [0.15, 0.2) is 8.32 Å². The molecule has 0 saturated carbocycles. The monoisotopic (exact) mass is 781 g/mol. The number of ether oxygens (including phenoxy) is 3. The van der Waals surface area contributed by atoms with E-state index in [2.05, 4.69) is 51.0 Å². The third kappa shape index (κ3) is 8.84. The van der Waals surface area contributed by atoms with Crippen molar-refractivity contribution in [1.29, 1.82) is 0 Å². The molecular weight excluding hydrogens is 730 g/mol. The van der Waals surface area contributed by atoms with Gasteiger partial charge >= 0.3 is 5.69 Å². The standard InChI is InChI=1S/C39H52N3O8PSSi/c1-38(2,3)53(9,10)50-35-34(49-51(47-8)41(4)5)32(52-36(35)42-25-24-33(43)40-37(42)44)26-48-39(27-14-12-11-13-15-27,28-16-20-30(45-6)21-17-28)29-18-22-31(46-7)23-19-29/h11-25,32,34-36H,26H2,1-10H3,(H,40,43,44)/t32-,34-,35-,36-,51?/m1/s1. The second-order valence-electron chi connectivity index (χ2n) is 14.6. The van der Waals surface area contributed by atoms with Gasteiger partial charge in [-0.2, -0.15) is 0 Å². The second kappa shape index (κ2) is 17.0. The van der Waals surface area contributed by atoms with Gasteiger partial charge in [0.25, 0.3) is 14.1 Å². The van der Waals surface area contributed by atoms with Gasteiger partial charge in [0, 0.05) is 19.4 Å². The van der Waals surface area contributed by atoms with Crippen molar-refractivity contribution in [3.8, 4) is 11.5 Å². The summed E-state index contributed by atoms with van der Waals surface area (Å²) in [4.78, 5) is 28.1. The summed E-state index contributed by atoms with van der Waals surface area (Å²) in [5.41, 5.74) is 0.642. The van der Waals surface area contributed by atoms with Gasteiger partial charge in [0.2, 0.25) is 0 Å². The van der Waals surface area contributed by atoms with Crippen LogP contribution in [-0.2, 0) is 23.8 Å². The number of nitrogens with zero attached hydrogens (tertiary/aromatic N) is 2. The van der Waals surface area contributed by atoms with Crippen molar-refractivity contribution in [3.63, 3.8) is 0 Å². The first-order chi connectivity index (χ1) is 25.1. The smallest absolute Gasteiger partial charge is 0.329 e. The number of benzene rings is 3. The molecule has 1 saturated heterocycles. The van der Waals surface area contributed by atoms with Crippen molar-refractivity contribution in [2.45, 2.75) is 67.3 Å². The number of aromatic amines is 1. The van der Waals surface area contributed by atoms with Crippen molar-refractivity contribution >= 4 is 28.6 Å². The Balaban J connectivity index is 1.68. The van der Waals surface area contributed by atoms with Gasteiger partial charge < -0.3 is 27.7 Å². The number of methoxy groups -OCH3 is 2. The molecule has 1 aromatic heterocycles. The molecule has 1 aliphatic rings. The van der Waals surface area contributed by atoms with Gasteiger partial charge in [-0.15, -0.1) is 11.8 Å². The highest BCUT2D eigenvalue weighted by Gasteiger charge is 2.53.